The highest BCUT2D eigenvalue weighted by atomic mass is 35.5. The molecule has 5 N–H and O–H groups in total. The molecule has 7 unspecified atom stereocenters. The molecule has 1 aliphatic heterocycles. The summed E-state index contributed by atoms with van der Waals surface area (Å²) in [5.41, 5.74) is 6.50. The van der Waals surface area contributed by atoms with Gasteiger partial charge in [-0.1, -0.05) is 0 Å². The molecule has 1 saturated heterocycles. The van der Waals surface area contributed by atoms with Crippen molar-refractivity contribution in [2.75, 3.05) is 19.7 Å². The molecular formula is C16H26Cl2N2O4. The summed E-state index contributed by atoms with van der Waals surface area (Å²) in [6, 6.07) is -0.158. The first-order valence-corrected chi connectivity index (χ1v) is 9.50. The lowest BCUT2D eigenvalue weighted by molar-refractivity contribution is -0.155. The number of amides is 1. The number of nitrogens with two attached hydrogens (primary N) is 1. The van der Waals surface area contributed by atoms with E-state index in [9.17, 15) is 15.0 Å². The Morgan fingerprint density at radius 2 is 1.75 bits per heavy atom. The number of halogens is 2. The smallest absolute Gasteiger partial charge is 0.253 e. The highest BCUT2D eigenvalue weighted by Crippen LogP contribution is 2.50. The molecule has 3 fully saturated rings. The van der Waals surface area contributed by atoms with Crippen molar-refractivity contribution in [3.63, 3.8) is 0 Å². The van der Waals surface area contributed by atoms with E-state index in [1.165, 1.54) is 0 Å². The number of likely N-dealkylation sites (tertiary alicyclic amines) is 1. The molecule has 6 nitrogen and oxygen atoms in total. The summed E-state index contributed by atoms with van der Waals surface area (Å²) in [7, 11) is 0. The maximum atomic E-state index is 12.0. The number of hydrogen-bond donors (Lipinski definition) is 4. The van der Waals surface area contributed by atoms with E-state index < -0.39 is 24.7 Å². The summed E-state index contributed by atoms with van der Waals surface area (Å²) >= 11 is 12.4. The van der Waals surface area contributed by atoms with Gasteiger partial charge >= 0.3 is 0 Å². The fourth-order valence-electron chi connectivity index (χ4n) is 4.84. The standard InChI is InChI=1S/C16H26Cl2N2O4/c17-10-2-9(12(22)3-11(10)18)15(19)14-7-1-8(14)5-20(4-7)16(24)13(23)6-21/h7-15,21-23H,1-6,19H2/t7?,8?,9?,10?,11?,12?,13-,14?,15?/m1/s1. The molecule has 2 bridgehead atoms. The van der Waals surface area contributed by atoms with Gasteiger partial charge in [0, 0.05) is 25.0 Å². The number of hydrogen-bond acceptors (Lipinski definition) is 5. The van der Waals surface area contributed by atoms with Gasteiger partial charge in [0.05, 0.1) is 23.5 Å². The Labute approximate surface area is 151 Å². The first-order valence-electron chi connectivity index (χ1n) is 8.63. The van der Waals surface area contributed by atoms with Gasteiger partial charge < -0.3 is 26.0 Å². The summed E-state index contributed by atoms with van der Waals surface area (Å²) in [6.07, 6.45) is 0.214. The van der Waals surface area contributed by atoms with E-state index in [0.717, 1.165) is 6.42 Å². The number of aliphatic hydroxyl groups excluding tert-OH is 3. The first kappa shape index (κ1) is 18.7. The number of fused-ring (bicyclic) bond motifs is 2. The first-order chi connectivity index (χ1) is 11.3. The van der Waals surface area contributed by atoms with E-state index >= 15 is 0 Å². The van der Waals surface area contributed by atoms with Crippen LogP contribution >= 0.6 is 23.2 Å². The van der Waals surface area contributed by atoms with E-state index in [1.54, 1.807) is 4.90 Å². The van der Waals surface area contributed by atoms with Crippen LogP contribution in [0.1, 0.15) is 19.3 Å². The van der Waals surface area contributed by atoms with Gasteiger partial charge in [-0.3, -0.25) is 4.79 Å². The Kier molecular flexibility index (Phi) is 5.64. The van der Waals surface area contributed by atoms with Gasteiger partial charge in [-0.15, -0.1) is 23.2 Å². The molecule has 0 aromatic heterocycles. The van der Waals surface area contributed by atoms with Gasteiger partial charge in [0.1, 0.15) is 0 Å². The summed E-state index contributed by atoms with van der Waals surface area (Å²) in [4.78, 5) is 13.6. The fraction of sp³-hybridized carbons (Fsp3) is 0.938. The normalized spacial score (nSPS) is 44.6. The molecule has 3 aliphatic rings. The summed E-state index contributed by atoms with van der Waals surface area (Å²) < 4.78 is 0. The van der Waals surface area contributed by atoms with Gasteiger partial charge in [-0.2, -0.15) is 0 Å². The SMILES string of the molecule is NC(C1CC(Cl)C(Cl)CC1O)C1C2CC1CN(C(=O)[C@H](O)CO)C2. The van der Waals surface area contributed by atoms with Gasteiger partial charge in [0.2, 0.25) is 0 Å². The Bertz CT molecular complexity index is 471. The van der Waals surface area contributed by atoms with Gasteiger partial charge in [0.25, 0.3) is 5.91 Å². The van der Waals surface area contributed by atoms with E-state index in [1.807, 2.05) is 0 Å². The third-order valence-corrected chi connectivity index (χ3v) is 7.26. The van der Waals surface area contributed by atoms with Gasteiger partial charge in [-0.05, 0) is 37.0 Å². The third kappa shape index (κ3) is 3.29. The van der Waals surface area contributed by atoms with Crippen LogP contribution in [-0.2, 0) is 4.79 Å². The molecule has 0 aromatic rings. The van der Waals surface area contributed by atoms with E-state index in [0.29, 0.717) is 25.9 Å². The average Bonchev–Trinajstić information content (AvgIpc) is 2.56. The lowest BCUT2D eigenvalue weighted by Crippen LogP contribution is -2.65. The fourth-order valence-corrected chi connectivity index (χ4v) is 5.43. The van der Waals surface area contributed by atoms with Crippen molar-refractivity contribution < 1.29 is 20.1 Å². The monoisotopic (exact) mass is 380 g/mol. The Morgan fingerprint density at radius 3 is 2.33 bits per heavy atom. The number of carbonyl (C=O) groups excluding carboxylic acids is 1. The maximum Gasteiger partial charge on any atom is 0.253 e. The minimum atomic E-state index is -1.34. The zero-order chi connectivity index (χ0) is 17.6. The third-order valence-electron chi connectivity index (χ3n) is 6.16. The average molecular weight is 381 g/mol. The Morgan fingerprint density at radius 1 is 1.17 bits per heavy atom. The van der Waals surface area contributed by atoms with Crippen molar-refractivity contribution in [1.82, 2.24) is 4.90 Å². The van der Waals surface area contributed by atoms with Crippen molar-refractivity contribution >= 4 is 29.1 Å². The van der Waals surface area contributed by atoms with Gasteiger partial charge in [-0.25, -0.2) is 0 Å². The van der Waals surface area contributed by atoms with Gasteiger partial charge in [0.15, 0.2) is 6.10 Å². The van der Waals surface area contributed by atoms with Crippen LogP contribution in [-0.4, -0.2) is 74.8 Å². The van der Waals surface area contributed by atoms with Crippen molar-refractivity contribution in [3.8, 4) is 0 Å². The second-order valence-corrected chi connectivity index (χ2v) is 8.71. The summed E-state index contributed by atoms with van der Waals surface area (Å²) in [5, 5.41) is 28.4. The van der Waals surface area contributed by atoms with Crippen LogP contribution in [0.3, 0.4) is 0 Å². The molecule has 3 rings (SSSR count). The van der Waals surface area contributed by atoms with Crippen LogP contribution in [0.5, 0.6) is 0 Å². The number of alkyl halides is 2. The topological polar surface area (TPSA) is 107 Å². The number of rotatable bonds is 4. The quantitative estimate of drug-likeness (QED) is 0.503. The molecule has 138 valence electrons. The predicted molar refractivity (Wildman–Crippen MR) is 90.7 cm³/mol. The van der Waals surface area contributed by atoms with Crippen LogP contribution in [0.15, 0.2) is 0 Å². The minimum absolute atomic E-state index is 0.0666. The molecule has 8 heteroatoms. The molecule has 2 saturated carbocycles. The van der Waals surface area contributed by atoms with E-state index in [-0.39, 0.29) is 40.5 Å². The van der Waals surface area contributed by atoms with Crippen LogP contribution in [0.25, 0.3) is 0 Å². The molecule has 0 radical (unpaired) electrons. The Hall–Kier alpha value is -0.110. The number of piperidine rings is 2. The summed E-state index contributed by atoms with van der Waals surface area (Å²) in [5.74, 6) is 0.341. The zero-order valence-electron chi connectivity index (χ0n) is 13.5. The minimum Gasteiger partial charge on any atom is -0.393 e. The molecular weight excluding hydrogens is 355 g/mol. The highest BCUT2D eigenvalue weighted by molar-refractivity contribution is 6.30. The van der Waals surface area contributed by atoms with Crippen LogP contribution in [0.4, 0.5) is 0 Å². The summed E-state index contributed by atoms with van der Waals surface area (Å²) in [6.45, 7) is 0.546. The van der Waals surface area contributed by atoms with Crippen molar-refractivity contribution in [2.24, 2.45) is 29.4 Å². The van der Waals surface area contributed by atoms with Crippen LogP contribution in [0, 0.1) is 23.7 Å². The number of nitrogens with zero attached hydrogens (tertiary/aromatic N) is 1. The molecule has 24 heavy (non-hydrogen) atoms. The predicted octanol–water partition coefficient (Wildman–Crippen LogP) is -0.253. The largest absolute Gasteiger partial charge is 0.393 e. The highest BCUT2D eigenvalue weighted by Gasteiger charge is 2.53. The van der Waals surface area contributed by atoms with Crippen LogP contribution in [0.2, 0.25) is 0 Å². The molecule has 0 aromatic carbocycles. The van der Waals surface area contributed by atoms with Crippen molar-refractivity contribution in [2.45, 2.75) is 48.3 Å². The van der Waals surface area contributed by atoms with Crippen molar-refractivity contribution in [3.05, 3.63) is 0 Å². The lowest BCUT2D eigenvalue weighted by atomic mass is 9.56. The van der Waals surface area contributed by atoms with E-state index in [4.69, 9.17) is 34.0 Å². The maximum absolute atomic E-state index is 12.0. The second kappa shape index (κ2) is 7.25. The zero-order valence-corrected chi connectivity index (χ0v) is 15.0. The second-order valence-electron chi connectivity index (χ2n) is 7.59. The molecule has 1 heterocycles. The van der Waals surface area contributed by atoms with Crippen molar-refractivity contribution in [1.29, 1.82) is 0 Å². The van der Waals surface area contributed by atoms with E-state index in [2.05, 4.69) is 0 Å². The lowest BCUT2D eigenvalue weighted by Gasteiger charge is -2.57. The Balaban J connectivity index is 1.61. The van der Waals surface area contributed by atoms with Crippen LogP contribution < -0.4 is 5.73 Å². The molecule has 0 spiro atoms. The number of carbonyl (C=O) groups is 1. The number of aliphatic hydroxyl groups is 3. The molecule has 1 amide bonds. The molecule has 2 aliphatic carbocycles. The molecule has 8 atom stereocenters.